The van der Waals surface area contributed by atoms with E-state index in [9.17, 15) is 19.2 Å². The first-order valence-corrected chi connectivity index (χ1v) is 13.7. The van der Waals surface area contributed by atoms with Crippen LogP contribution in [-0.4, -0.2) is 80.4 Å². The molecule has 0 atom stereocenters. The predicted molar refractivity (Wildman–Crippen MR) is 161 cm³/mol. The van der Waals surface area contributed by atoms with Gasteiger partial charge in [-0.1, -0.05) is 30.3 Å². The third kappa shape index (κ3) is 6.03. The summed E-state index contributed by atoms with van der Waals surface area (Å²) in [5.74, 6) is -1.22. The van der Waals surface area contributed by atoms with E-state index in [4.69, 9.17) is 4.74 Å². The molecule has 3 N–H and O–H groups in total. The molecule has 0 aliphatic carbocycles. The van der Waals surface area contributed by atoms with Crippen molar-refractivity contribution >= 4 is 46.3 Å². The van der Waals surface area contributed by atoms with Crippen LogP contribution in [0.25, 0.3) is 11.3 Å². The van der Waals surface area contributed by atoms with E-state index in [0.717, 1.165) is 18.7 Å². The van der Waals surface area contributed by atoms with Gasteiger partial charge in [0.2, 0.25) is 5.91 Å². The van der Waals surface area contributed by atoms with Crippen molar-refractivity contribution in [1.82, 2.24) is 15.1 Å². The quantitative estimate of drug-likeness (QED) is 0.296. The molecule has 10 nitrogen and oxygen atoms in total. The van der Waals surface area contributed by atoms with Crippen LogP contribution in [0.5, 0.6) is 0 Å². The summed E-state index contributed by atoms with van der Waals surface area (Å²) in [7, 11) is 3.34. The fraction of sp³-hybridized carbons (Fsp3) is 0.250. The summed E-state index contributed by atoms with van der Waals surface area (Å²) < 4.78 is 4.89. The Morgan fingerprint density at radius 2 is 1.62 bits per heavy atom. The number of amides is 3. The number of hydrogen-bond acceptors (Lipinski definition) is 7. The number of anilines is 2. The number of rotatable bonds is 7. The molecule has 3 amide bonds. The minimum atomic E-state index is -0.476. The van der Waals surface area contributed by atoms with Gasteiger partial charge >= 0.3 is 5.97 Å². The summed E-state index contributed by atoms with van der Waals surface area (Å²) in [6, 6.07) is 19.7. The minimum absolute atomic E-state index is 0.0571. The molecular formula is C32H33N5O5. The zero-order valence-electron chi connectivity index (χ0n) is 23.8. The lowest BCUT2D eigenvalue weighted by molar-refractivity contribution is -0.131. The van der Waals surface area contributed by atoms with Crippen molar-refractivity contribution in [3.63, 3.8) is 0 Å². The van der Waals surface area contributed by atoms with E-state index in [2.05, 4.69) is 20.9 Å². The van der Waals surface area contributed by atoms with Crippen LogP contribution >= 0.6 is 0 Å². The van der Waals surface area contributed by atoms with Gasteiger partial charge in [-0.15, -0.1) is 0 Å². The number of carbonyl (C=O) groups excluding carboxylic acids is 4. The maximum absolute atomic E-state index is 13.3. The van der Waals surface area contributed by atoms with Crippen LogP contribution in [0, 0.1) is 6.92 Å². The molecule has 10 heteroatoms. The zero-order chi connectivity index (χ0) is 29.8. The fourth-order valence-corrected chi connectivity index (χ4v) is 5.06. The molecule has 3 aromatic carbocycles. The summed E-state index contributed by atoms with van der Waals surface area (Å²) >= 11 is 0. The third-order valence-corrected chi connectivity index (χ3v) is 7.50. The van der Waals surface area contributed by atoms with Crippen LogP contribution in [-0.2, 0) is 14.3 Å². The molecule has 1 fully saturated rings. The highest BCUT2D eigenvalue weighted by Crippen LogP contribution is 2.39. The van der Waals surface area contributed by atoms with E-state index >= 15 is 0 Å². The Bertz CT molecular complexity index is 1560. The van der Waals surface area contributed by atoms with Crippen molar-refractivity contribution in [3.8, 4) is 0 Å². The van der Waals surface area contributed by atoms with Gasteiger partial charge in [-0.2, -0.15) is 0 Å². The topological polar surface area (TPSA) is 120 Å². The standard InChI is InChI=1S/C32H33N5O5/c1-20-17-25-26(18-24(20)32(41)42-3)35-31(40)28(25)29(21-7-5-4-6-8-21)34-23-11-9-22(10-12-23)30(39)33-19-27(38)37-15-13-36(2)14-16-37/h4-12,17-18,34H,13-16,19H2,1-3H3,(H,33,39)(H,35,40)/b29-28-. The SMILES string of the molecule is COC(=O)c1cc2c(cc1C)/C(=C(/Nc1ccc(C(=O)NCC(=O)N3CCN(C)CC3)cc1)c1ccccc1)C(=O)N2. The lowest BCUT2D eigenvalue weighted by Crippen LogP contribution is -2.50. The van der Waals surface area contributed by atoms with Crippen LogP contribution in [0.2, 0.25) is 0 Å². The number of hydrogen-bond donors (Lipinski definition) is 3. The van der Waals surface area contributed by atoms with Gasteiger partial charge in [-0.05, 0) is 61.5 Å². The highest BCUT2D eigenvalue weighted by atomic mass is 16.5. The third-order valence-electron chi connectivity index (χ3n) is 7.50. The molecule has 0 radical (unpaired) electrons. The van der Waals surface area contributed by atoms with Crippen molar-refractivity contribution in [2.24, 2.45) is 0 Å². The van der Waals surface area contributed by atoms with Gasteiger partial charge in [-0.3, -0.25) is 14.4 Å². The maximum Gasteiger partial charge on any atom is 0.338 e. The Morgan fingerprint density at radius 1 is 0.929 bits per heavy atom. The number of piperazine rings is 1. The molecule has 0 unspecified atom stereocenters. The van der Waals surface area contributed by atoms with Gasteiger partial charge in [0.25, 0.3) is 11.8 Å². The van der Waals surface area contributed by atoms with E-state index in [1.807, 2.05) is 37.4 Å². The van der Waals surface area contributed by atoms with E-state index in [-0.39, 0.29) is 24.3 Å². The van der Waals surface area contributed by atoms with Crippen LogP contribution in [0.1, 0.15) is 37.4 Å². The molecular weight excluding hydrogens is 534 g/mol. The smallest absolute Gasteiger partial charge is 0.338 e. The van der Waals surface area contributed by atoms with Crippen LogP contribution in [0.15, 0.2) is 66.7 Å². The Kier molecular flexibility index (Phi) is 8.35. The molecule has 0 spiro atoms. The van der Waals surface area contributed by atoms with Crippen LogP contribution in [0.4, 0.5) is 11.4 Å². The molecule has 216 valence electrons. The molecule has 0 saturated carbocycles. The zero-order valence-corrected chi connectivity index (χ0v) is 23.8. The second kappa shape index (κ2) is 12.3. The first-order valence-electron chi connectivity index (χ1n) is 13.7. The predicted octanol–water partition coefficient (Wildman–Crippen LogP) is 3.22. The molecule has 0 bridgehead atoms. The highest BCUT2D eigenvalue weighted by molar-refractivity contribution is 6.37. The van der Waals surface area contributed by atoms with Crippen LogP contribution < -0.4 is 16.0 Å². The summed E-state index contributed by atoms with van der Waals surface area (Å²) in [6.45, 7) is 4.68. The second-order valence-electron chi connectivity index (χ2n) is 10.3. The number of ether oxygens (including phenoxy) is 1. The van der Waals surface area contributed by atoms with Gasteiger partial charge in [0, 0.05) is 43.0 Å². The summed E-state index contributed by atoms with van der Waals surface area (Å²) in [4.78, 5) is 54.7. The first kappa shape index (κ1) is 28.6. The van der Waals surface area contributed by atoms with Crippen molar-refractivity contribution in [3.05, 3.63) is 94.5 Å². The summed E-state index contributed by atoms with van der Waals surface area (Å²) in [6.07, 6.45) is 0. The average Bonchev–Trinajstić information content (AvgIpc) is 3.32. The second-order valence-corrected chi connectivity index (χ2v) is 10.3. The van der Waals surface area contributed by atoms with Crippen LogP contribution in [0.3, 0.4) is 0 Å². The van der Waals surface area contributed by atoms with E-state index in [0.29, 0.717) is 58.0 Å². The van der Waals surface area contributed by atoms with Gasteiger partial charge in [0.15, 0.2) is 0 Å². The number of nitrogens with zero attached hydrogens (tertiary/aromatic N) is 2. The molecule has 2 aliphatic rings. The average molecular weight is 568 g/mol. The number of methoxy groups -OCH3 is 1. The van der Waals surface area contributed by atoms with Crippen molar-refractivity contribution < 1.29 is 23.9 Å². The Labute approximate surface area is 244 Å². The number of esters is 1. The van der Waals surface area contributed by atoms with Gasteiger partial charge in [0.05, 0.1) is 36.2 Å². The van der Waals surface area contributed by atoms with Gasteiger partial charge in [0.1, 0.15) is 0 Å². The normalized spacial score (nSPS) is 15.9. The molecule has 5 rings (SSSR count). The number of fused-ring (bicyclic) bond motifs is 1. The molecule has 42 heavy (non-hydrogen) atoms. The fourth-order valence-electron chi connectivity index (χ4n) is 5.06. The van der Waals surface area contributed by atoms with E-state index in [1.165, 1.54) is 7.11 Å². The van der Waals surface area contributed by atoms with Gasteiger partial charge in [-0.25, -0.2) is 4.79 Å². The summed E-state index contributed by atoms with van der Waals surface area (Å²) in [5, 5.41) is 8.96. The largest absolute Gasteiger partial charge is 0.465 e. The molecule has 3 aromatic rings. The number of aryl methyl sites for hydroxylation is 1. The number of likely N-dealkylation sites (N-methyl/N-ethyl adjacent to an activating group) is 1. The first-order chi connectivity index (χ1) is 20.2. The summed E-state index contributed by atoms with van der Waals surface area (Å²) in [5.41, 5.74) is 5.12. The lowest BCUT2D eigenvalue weighted by atomic mass is 9.96. The van der Waals surface area contributed by atoms with Gasteiger partial charge < -0.3 is 30.5 Å². The maximum atomic E-state index is 13.3. The Hall–Kier alpha value is -4.96. The monoisotopic (exact) mass is 567 g/mol. The van der Waals surface area contributed by atoms with E-state index in [1.54, 1.807) is 48.2 Å². The van der Waals surface area contributed by atoms with Crippen molar-refractivity contribution in [2.45, 2.75) is 6.92 Å². The number of nitrogens with one attached hydrogen (secondary N) is 3. The highest BCUT2D eigenvalue weighted by Gasteiger charge is 2.30. The minimum Gasteiger partial charge on any atom is -0.465 e. The Morgan fingerprint density at radius 3 is 2.29 bits per heavy atom. The molecule has 0 aromatic heterocycles. The van der Waals surface area contributed by atoms with Crippen molar-refractivity contribution in [1.29, 1.82) is 0 Å². The Balaban J connectivity index is 1.37. The lowest BCUT2D eigenvalue weighted by Gasteiger charge is -2.32. The number of benzene rings is 3. The molecule has 2 heterocycles. The number of carbonyl (C=O) groups is 4. The van der Waals surface area contributed by atoms with E-state index < -0.39 is 5.97 Å². The molecule has 1 saturated heterocycles. The van der Waals surface area contributed by atoms with Crippen molar-refractivity contribution in [2.75, 3.05) is 57.5 Å². The molecule has 2 aliphatic heterocycles.